The smallest absolute Gasteiger partial charge is 0.204 e. The first-order valence-electron chi connectivity index (χ1n) is 16.0. The molecule has 240 valence electrons. The Labute approximate surface area is 271 Å². The minimum absolute atomic E-state index is 0.0320. The molecule has 0 saturated carbocycles. The summed E-state index contributed by atoms with van der Waals surface area (Å²) < 4.78 is 30.5. The van der Waals surface area contributed by atoms with Gasteiger partial charge in [-0.15, -0.1) is 0 Å². The summed E-state index contributed by atoms with van der Waals surface area (Å²) in [6, 6.07) is 21.0. The molecule has 0 aromatic heterocycles. The molecule has 0 spiro atoms. The van der Waals surface area contributed by atoms with Gasteiger partial charge in [0.25, 0.3) is 0 Å². The third kappa shape index (κ3) is 5.39. The first kappa shape index (κ1) is 30.3. The Morgan fingerprint density at radius 1 is 0.674 bits per heavy atom. The van der Waals surface area contributed by atoms with Gasteiger partial charge in [0.2, 0.25) is 11.5 Å². The van der Waals surface area contributed by atoms with Gasteiger partial charge >= 0.3 is 0 Å². The zero-order chi connectivity index (χ0) is 31.9. The maximum Gasteiger partial charge on any atom is 0.204 e. The van der Waals surface area contributed by atoms with E-state index < -0.39 is 0 Å². The standard InChI is InChI=1S/C38H42N2O6/c1-39-16-14-26-20-31(42-3)36-35(41)33(26)29(39)18-24-10-12-28(13-11-24)46-38-34-27(21-32(43-4)37(38)44-5)15-17-40(2)30(34)19-23-6-8-25(9-7-23)22-45-36/h6-13,20-21,29-30,41H,14-19,22H2,1-5H3. The normalized spacial score (nSPS) is 19.5. The quantitative estimate of drug-likeness (QED) is 0.273. The second kappa shape index (κ2) is 12.4. The molecule has 0 saturated heterocycles. The maximum absolute atomic E-state index is 11.7. The fraction of sp³-hybridized carbons (Fsp3) is 0.368. The highest BCUT2D eigenvalue weighted by Gasteiger charge is 2.34. The number of nitrogens with zero attached hydrogens (tertiary/aromatic N) is 2. The Balaban J connectivity index is 1.37. The Morgan fingerprint density at radius 2 is 1.22 bits per heavy atom. The fourth-order valence-corrected chi connectivity index (χ4v) is 7.31. The number of benzene rings is 4. The average molecular weight is 623 g/mol. The molecule has 2 unspecified atom stereocenters. The number of aromatic hydroxyl groups is 1. The Hall–Kier alpha value is -4.40. The van der Waals surface area contributed by atoms with Crippen molar-refractivity contribution in [2.24, 2.45) is 0 Å². The highest BCUT2D eigenvalue weighted by atomic mass is 16.5. The third-order valence-corrected chi connectivity index (χ3v) is 9.92. The second-order valence-corrected chi connectivity index (χ2v) is 12.6. The van der Waals surface area contributed by atoms with E-state index in [-0.39, 0.29) is 17.8 Å². The van der Waals surface area contributed by atoms with E-state index in [4.69, 9.17) is 23.7 Å². The molecule has 10 rings (SSSR count). The fourth-order valence-electron chi connectivity index (χ4n) is 7.31. The summed E-state index contributed by atoms with van der Waals surface area (Å²) in [5, 5.41) is 11.7. The van der Waals surface area contributed by atoms with Crippen molar-refractivity contribution in [2.75, 3.05) is 48.5 Å². The van der Waals surface area contributed by atoms with Crippen LogP contribution in [0.4, 0.5) is 0 Å². The van der Waals surface area contributed by atoms with Crippen LogP contribution >= 0.6 is 0 Å². The van der Waals surface area contributed by atoms with E-state index in [0.29, 0.717) is 35.4 Å². The molecule has 6 bridgehead atoms. The molecule has 6 aliphatic heterocycles. The van der Waals surface area contributed by atoms with Gasteiger partial charge in [0.1, 0.15) is 12.4 Å². The zero-order valence-corrected chi connectivity index (χ0v) is 27.3. The average Bonchev–Trinajstić information content (AvgIpc) is 3.07. The minimum Gasteiger partial charge on any atom is -0.504 e. The highest BCUT2D eigenvalue weighted by molar-refractivity contribution is 5.63. The van der Waals surface area contributed by atoms with Crippen LogP contribution < -0.4 is 23.7 Å². The SMILES string of the molecule is COc1cc2c3c(O)c1OCc1ccc(cc1)CC1c4c(cc(OC)c(OC)c4Oc4ccc(cc4)CC3N(C)CC2)CCN1C. The number of likely N-dealkylation sites (N-methyl/N-ethyl adjacent to an activating group) is 2. The van der Waals surface area contributed by atoms with Gasteiger partial charge in [-0.3, -0.25) is 9.80 Å². The lowest BCUT2D eigenvalue weighted by molar-refractivity contribution is 0.216. The first-order valence-corrected chi connectivity index (χ1v) is 16.0. The van der Waals surface area contributed by atoms with Gasteiger partial charge in [-0.05, 0) is 91.9 Å². The summed E-state index contributed by atoms with van der Waals surface area (Å²) in [6.07, 6.45) is 3.23. The molecule has 0 fully saturated rings. The van der Waals surface area contributed by atoms with Crippen molar-refractivity contribution in [3.63, 3.8) is 0 Å². The predicted octanol–water partition coefficient (Wildman–Crippen LogP) is 6.65. The zero-order valence-electron chi connectivity index (χ0n) is 27.3. The third-order valence-electron chi connectivity index (χ3n) is 9.92. The van der Waals surface area contributed by atoms with Gasteiger partial charge in [0.15, 0.2) is 23.0 Å². The number of methoxy groups -OCH3 is 3. The summed E-state index contributed by atoms with van der Waals surface area (Å²) in [7, 11) is 9.25. The first-order chi connectivity index (χ1) is 22.4. The lowest BCUT2D eigenvalue weighted by atomic mass is 9.87. The minimum atomic E-state index is -0.0320. The Kier molecular flexibility index (Phi) is 8.17. The highest BCUT2D eigenvalue weighted by Crippen LogP contribution is 2.51. The van der Waals surface area contributed by atoms with Crippen molar-refractivity contribution in [2.45, 2.75) is 44.4 Å². The van der Waals surface area contributed by atoms with Crippen molar-refractivity contribution in [1.29, 1.82) is 0 Å². The summed E-state index contributed by atoms with van der Waals surface area (Å²) >= 11 is 0. The number of phenols is 1. The van der Waals surface area contributed by atoms with Crippen molar-refractivity contribution in [3.8, 4) is 40.2 Å². The lowest BCUT2D eigenvalue weighted by Gasteiger charge is -2.37. The number of phenolic OH excluding ortho intramolecular Hbond substituents is 1. The summed E-state index contributed by atoms with van der Waals surface area (Å²) in [6.45, 7) is 2.12. The number of ether oxygens (including phenoxy) is 5. The molecule has 0 aliphatic carbocycles. The predicted molar refractivity (Wildman–Crippen MR) is 177 cm³/mol. The summed E-state index contributed by atoms with van der Waals surface area (Å²) in [4.78, 5) is 4.70. The molecule has 1 N–H and O–H groups in total. The Morgan fingerprint density at radius 3 is 1.83 bits per heavy atom. The number of rotatable bonds is 3. The van der Waals surface area contributed by atoms with Crippen LogP contribution in [0.25, 0.3) is 0 Å². The van der Waals surface area contributed by atoms with E-state index in [1.165, 1.54) is 11.1 Å². The molecule has 6 aliphatic rings. The Bertz CT molecular complexity index is 1740. The topological polar surface area (TPSA) is 72.9 Å². The van der Waals surface area contributed by atoms with E-state index in [9.17, 15) is 5.11 Å². The molecular formula is C38H42N2O6. The van der Waals surface area contributed by atoms with Crippen LogP contribution in [-0.4, -0.2) is 63.4 Å². The molecular weight excluding hydrogens is 580 g/mol. The maximum atomic E-state index is 11.7. The van der Waals surface area contributed by atoms with E-state index in [0.717, 1.165) is 72.3 Å². The van der Waals surface area contributed by atoms with Crippen LogP contribution in [0.5, 0.6) is 40.2 Å². The van der Waals surface area contributed by atoms with Gasteiger partial charge in [-0.1, -0.05) is 36.4 Å². The van der Waals surface area contributed by atoms with Gasteiger partial charge in [-0.2, -0.15) is 0 Å². The molecule has 4 aromatic carbocycles. The lowest BCUT2D eigenvalue weighted by Crippen LogP contribution is -2.34. The number of hydrogen-bond donors (Lipinski definition) is 1. The van der Waals surface area contributed by atoms with E-state index >= 15 is 0 Å². The van der Waals surface area contributed by atoms with Crippen LogP contribution in [0, 0.1) is 0 Å². The van der Waals surface area contributed by atoms with Crippen LogP contribution in [0.2, 0.25) is 0 Å². The van der Waals surface area contributed by atoms with Gasteiger partial charge in [-0.25, -0.2) is 0 Å². The molecule has 8 heteroatoms. The van der Waals surface area contributed by atoms with Crippen molar-refractivity contribution in [1.82, 2.24) is 9.80 Å². The molecule has 2 atom stereocenters. The van der Waals surface area contributed by atoms with Crippen LogP contribution in [0.3, 0.4) is 0 Å². The molecule has 4 aromatic rings. The van der Waals surface area contributed by atoms with Crippen LogP contribution in [-0.2, 0) is 32.3 Å². The number of hydrogen-bond acceptors (Lipinski definition) is 8. The van der Waals surface area contributed by atoms with E-state index in [2.05, 4.69) is 66.4 Å². The van der Waals surface area contributed by atoms with Crippen molar-refractivity contribution in [3.05, 3.63) is 99.6 Å². The van der Waals surface area contributed by atoms with Gasteiger partial charge in [0, 0.05) is 36.3 Å². The van der Waals surface area contributed by atoms with Crippen LogP contribution in [0.1, 0.15) is 51.0 Å². The molecule has 6 heterocycles. The molecule has 46 heavy (non-hydrogen) atoms. The largest absolute Gasteiger partial charge is 0.504 e. The second-order valence-electron chi connectivity index (χ2n) is 12.6. The van der Waals surface area contributed by atoms with Crippen molar-refractivity contribution >= 4 is 0 Å². The molecule has 8 nitrogen and oxygen atoms in total. The molecule has 0 amide bonds. The summed E-state index contributed by atoms with van der Waals surface area (Å²) in [5.74, 6) is 3.80. The monoisotopic (exact) mass is 622 g/mol. The molecule has 0 radical (unpaired) electrons. The van der Waals surface area contributed by atoms with Gasteiger partial charge < -0.3 is 28.8 Å². The van der Waals surface area contributed by atoms with Gasteiger partial charge in [0.05, 0.1) is 21.3 Å². The van der Waals surface area contributed by atoms with E-state index in [1.807, 2.05) is 18.2 Å². The van der Waals surface area contributed by atoms with E-state index in [1.54, 1.807) is 21.3 Å². The summed E-state index contributed by atoms with van der Waals surface area (Å²) in [5.41, 5.74) is 7.69. The van der Waals surface area contributed by atoms with Crippen molar-refractivity contribution < 1.29 is 28.8 Å². The van der Waals surface area contributed by atoms with Crippen LogP contribution in [0.15, 0.2) is 60.7 Å².